The Morgan fingerprint density at radius 2 is 1.25 bits per heavy atom. The summed E-state index contributed by atoms with van der Waals surface area (Å²) in [5.74, 6) is -0.804. The first-order valence-electron chi connectivity index (χ1n) is 8.11. The molecule has 0 rings (SSSR count). The minimum atomic E-state index is -0.804. The first-order chi connectivity index (χ1) is 9.77. The van der Waals surface area contributed by atoms with E-state index >= 15 is 0 Å². The summed E-state index contributed by atoms with van der Waals surface area (Å²) in [6.45, 7) is 6.82. The van der Waals surface area contributed by atoms with Gasteiger partial charge in [0.2, 0.25) is 0 Å². The predicted octanol–water partition coefficient (Wildman–Crippen LogP) is 1.59. The summed E-state index contributed by atoms with van der Waals surface area (Å²) in [5.41, 5.74) is 0. The highest BCUT2D eigenvalue weighted by Crippen LogP contribution is 2.05. The Labute approximate surface area is 123 Å². The minimum Gasteiger partial charge on any atom is -0.480 e. The minimum absolute atomic E-state index is 0.0399. The van der Waals surface area contributed by atoms with Crippen molar-refractivity contribution >= 4 is 5.97 Å². The highest BCUT2D eigenvalue weighted by atomic mass is 16.4. The third kappa shape index (κ3) is 17.4. The topological polar surface area (TPSA) is 73.4 Å². The molecule has 0 radical (unpaired) electrons. The molecular formula is C15H33N3O2. The van der Waals surface area contributed by atoms with E-state index in [4.69, 9.17) is 5.11 Å². The Hall–Kier alpha value is -0.650. The molecule has 20 heavy (non-hydrogen) atoms. The van der Waals surface area contributed by atoms with Gasteiger partial charge in [-0.1, -0.05) is 45.4 Å². The molecule has 0 amide bonds. The molecule has 0 aliphatic heterocycles. The Kier molecular flexibility index (Phi) is 15.9. The van der Waals surface area contributed by atoms with Crippen molar-refractivity contribution in [3.63, 3.8) is 0 Å². The van der Waals surface area contributed by atoms with E-state index in [9.17, 15) is 4.79 Å². The fraction of sp³-hybridized carbons (Fsp3) is 0.933. The van der Waals surface area contributed by atoms with Crippen molar-refractivity contribution in [3.8, 4) is 0 Å². The van der Waals surface area contributed by atoms with E-state index < -0.39 is 5.97 Å². The van der Waals surface area contributed by atoms with Gasteiger partial charge in [0, 0.05) is 26.2 Å². The van der Waals surface area contributed by atoms with Gasteiger partial charge in [-0.3, -0.25) is 4.79 Å². The van der Waals surface area contributed by atoms with Gasteiger partial charge in [-0.2, -0.15) is 0 Å². The van der Waals surface area contributed by atoms with Crippen LogP contribution in [0.5, 0.6) is 0 Å². The standard InChI is InChI=1S/C15H33N3O2/c1-2-3-4-5-6-7-8-9-16-10-11-17-12-13-18-14-15(19)20/h16-18H,2-14H2,1H3,(H,19,20). The molecule has 0 aromatic heterocycles. The molecule has 0 unspecified atom stereocenters. The lowest BCUT2D eigenvalue weighted by Crippen LogP contribution is -2.34. The molecule has 0 atom stereocenters. The predicted molar refractivity (Wildman–Crippen MR) is 84.2 cm³/mol. The number of hydrogen-bond acceptors (Lipinski definition) is 4. The quantitative estimate of drug-likeness (QED) is 0.324. The second kappa shape index (κ2) is 16.4. The van der Waals surface area contributed by atoms with Crippen molar-refractivity contribution in [3.05, 3.63) is 0 Å². The average Bonchev–Trinajstić information content (AvgIpc) is 2.43. The van der Waals surface area contributed by atoms with Gasteiger partial charge in [0.25, 0.3) is 0 Å². The molecule has 0 fully saturated rings. The van der Waals surface area contributed by atoms with Crippen LogP contribution in [0.25, 0.3) is 0 Å². The molecular weight excluding hydrogens is 254 g/mol. The lowest BCUT2D eigenvalue weighted by Gasteiger charge is -2.07. The van der Waals surface area contributed by atoms with Crippen LogP contribution in [0.4, 0.5) is 0 Å². The monoisotopic (exact) mass is 287 g/mol. The second-order valence-electron chi connectivity index (χ2n) is 5.19. The van der Waals surface area contributed by atoms with Crippen molar-refractivity contribution in [1.29, 1.82) is 0 Å². The van der Waals surface area contributed by atoms with Crippen LogP contribution in [0.15, 0.2) is 0 Å². The number of hydrogen-bond donors (Lipinski definition) is 4. The number of carboxylic acid groups (broad SMARTS) is 1. The van der Waals surface area contributed by atoms with Crippen LogP contribution in [0.2, 0.25) is 0 Å². The fourth-order valence-electron chi connectivity index (χ4n) is 2.01. The van der Waals surface area contributed by atoms with Crippen LogP contribution in [0, 0.1) is 0 Å². The first-order valence-corrected chi connectivity index (χ1v) is 8.11. The summed E-state index contributed by atoms with van der Waals surface area (Å²) < 4.78 is 0. The number of unbranched alkanes of at least 4 members (excludes halogenated alkanes) is 6. The fourth-order valence-corrected chi connectivity index (χ4v) is 2.01. The smallest absolute Gasteiger partial charge is 0.317 e. The molecule has 0 saturated heterocycles. The van der Waals surface area contributed by atoms with Gasteiger partial charge < -0.3 is 21.1 Å². The third-order valence-electron chi connectivity index (χ3n) is 3.19. The zero-order chi connectivity index (χ0) is 14.9. The summed E-state index contributed by atoms with van der Waals surface area (Å²) in [6.07, 6.45) is 9.46. The van der Waals surface area contributed by atoms with E-state index in [1.54, 1.807) is 0 Å². The second-order valence-corrected chi connectivity index (χ2v) is 5.19. The number of aliphatic carboxylic acids is 1. The molecule has 5 heteroatoms. The van der Waals surface area contributed by atoms with Crippen molar-refractivity contribution < 1.29 is 9.90 Å². The largest absolute Gasteiger partial charge is 0.480 e. The highest BCUT2D eigenvalue weighted by molar-refractivity contribution is 5.68. The van der Waals surface area contributed by atoms with Crippen molar-refractivity contribution in [2.45, 2.75) is 51.9 Å². The molecule has 0 aliphatic rings. The molecule has 4 N–H and O–H groups in total. The molecule has 0 aromatic rings. The van der Waals surface area contributed by atoms with Crippen LogP contribution in [-0.2, 0) is 4.79 Å². The van der Waals surface area contributed by atoms with Crippen LogP contribution in [0.3, 0.4) is 0 Å². The summed E-state index contributed by atoms with van der Waals surface area (Å²) in [7, 11) is 0. The Morgan fingerprint density at radius 3 is 1.85 bits per heavy atom. The van der Waals surface area contributed by atoms with Crippen molar-refractivity contribution in [1.82, 2.24) is 16.0 Å². The lowest BCUT2D eigenvalue weighted by molar-refractivity contribution is -0.135. The molecule has 120 valence electrons. The van der Waals surface area contributed by atoms with Gasteiger partial charge in [-0.25, -0.2) is 0 Å². The molecule has 0 bridgehead atoms. The SMILES string of the molecule is CCCCCCCCCNCCNCCNCC(=O)O. The zero-order valence-electron chi connectivity index (χ0n) is 13.0. The maximum Gasteiger partial charge on any atom is 0.317 e. The van der Waals surface area contributed by atoms with Crippen LogP contribution < -0.4 is 16.0 Å². The third-order valence-corrected chi connectivity index (χ3v) is 3.19. The summed E-state index contributed by atoms with van der Waals surface area (Å²) in [4.78, 5) is 10.2. The maximum absolute atomic E-state index is 10.2. The van der Waals surface area contributed by atoms with Crippen LogP contribution in [-0.4, -0.2) is 50.3 Å². The normalized spacial score (nSPS) is 10.8. The number of carboxylic acids is 1. The Balaban J connectivity index is 2.94. The summed E-state index contributed by atoms with van der Waals surface area (Å²) >= 11 is 0. The average molecular weight is 287 g/mol. The number of rotatable bonds is 16. The van der Waals surface area contributed by atoms with Crippen molar-refractivity contribution in [2.24, 2.45) is 0 Å². The van der Waals surface area contributed by atoms with Crippen molar-refractivity contribution in [2.75, 3.05) is 39.3 Å². The molecule has 5 nitrogen and oxygen atoms in total. The zero-order valence-corrected chi connectivity index (χ0v) is 13.0. The van der Waals surface area contributed by atoms with Crippen LogP contribution >= 0.6 is 0 Å². The number of nitrogens with one attached hydrogen (secondary N) is 3. The summed E-state index contributed by atoms with van der Waals surface area (Å²) in [5, 5.41) is 18.0. The van der Waals surface area contributed by atoms with Gasteiger partial charge in [-0.05, 0) is 13.0 Å². The molecule has 0 spiro atoms. The highest BCUT2D eigenvalue weighted by Gasteiger charge is 1.94. The van der Waals surface area contributed by atoms with Crippen LogP contribution in [0.1, 0.15) is 51.9 Å². The molecule has 0 aromatic carbocycles. The van der Waals surface area contributed by atoms with E-state index in [0.29, 0.717) is 6.54 Å². The maximum atomic E-state index is 10.2. The van der Waals surface area contributed by atoms with Gasteiger partial charge in [0.15, 0.2) is 0 Å². The van der Waals surface area contributed by atoms with Gasteiger partial charge in [-0.15, -0.1) is 0 Å². The van der Waals surface area contributed by atoms with E-state index in [1.807, 2.05) is 0 Å². The number of carbonyl (C=O) groups is 1. The Bertz CT molecular complexity index is 213. The molecule has 0 saturated carbocycles. The molecule has 0 heterocycles. The lowest BCUT2D eigenvalue weighted by atomic mass is 10.1. The summed E-state index contributed by atoms with van der Waals surface area (Å²) in [6, 6.07) is 0. The van der Waals surface area contributed by atoms with Gasteiger partial charge >= 0.3 is 5.97 Å². The Morgan fingerprint density at radius 1 is 0.750 bits per heavy atom. The van der Waals surface area contributed by atoms with E-state index in [2.05, 4.69) is 22.9 Å². The van der Waals surface area contributed by atoms with Gasteiger partial charge in [0.05, 0.1) is 6.54 Å². The van der Waals surface area contributed by atoms with E-state index in [1.165, 1.54) is 44.9 Å². The molecule has 0 aliphatic carbocycles. The van der Waals surface area contributed by atoms with E-state index in [0.717, 1.165) is 26.2 Å². The van der Waals surface area contributed by atoms with Gasteiger partial charge in [0.1, 0.15) is 0 Å². The first kappa shape index (κ1) is 19.4. The van der Waals surface area contributed by atoms with E-state index in [-0.39, 0.29) is 6.54 Å².